The predicted octanol–water partition coefficient (Wildman–Crippen LogP) is 5.22. The normalized spacial score (nSPS) is 10.2. The second-order valence-corrected chi connectivity index (χ2v) is 6.28. The van der Waals surface area contributed by atoms with Crippen molar-refractivity contribution in [1.82, 2.24) is 0 Å². The van der Waals surface area contributed by atoms with Crippen LogP contribution in [0.1, 0.15) is 0 Å². The summed E-state index contributed by atoms with van der Waals surface area (Å²) < 4.78 is 27.0. The van der Waals surface area contributed by atoms with Gasteiger partial charge in [-0.1, -0.05) is 12.1 Å². The molecule has 3 aromatic rings. The highest BCUT2D eigenvalue weighted by atomic mass is 16.5. The Morgan fingerprint density at radius 2 is 1.00 bits per heavy atom. The average Bonchev–Trinajstić information content (AvgIpc) is 2.79. The van der Waals surface area contributed by atoms with E-state index in [9.17, 15) is 0 Å². The predicted molar refractivity (Wildman–Crippen MR) is 119 cm³/mol. The van der Waals surface area contributed by atoms with Crippen LogP contribution < -0.4 is 34.3 Å². The van der Waals surface area contributed by atoms with Gasteiger partial charge in [-0.3, -0.25) is 0 Å². The SMILES string of the molecule is COc1ccc(Nc2ccccc2Nc2cc(OC)c(OC)c(OC)c2)cc1OC. The number of ether oxygens (including phenoxy) is 5. The van der Waals surface area contributed by atoms with Crippen molar-refractivity contribution in [2.45, 2.75) is 0 Å². The molecule has 158 valence electrons. The van der Waals surface area contributed by atoms with Crippen LogP contribution >= 0.6 is 0 Å². The van der Waals surface area contributed by atoms with Crippen molar-refractivity contribution in [3.8, 4) is 28.7 Å². The molecule has 2 N–H and O–H groups in total. The first-order valence-electron chi connectivity index (χ1n) is 9.28. The first-order chi connectivity index (χ1) is 14.6. The largest absolute Gasteiger partial charge is 0.493 e. The van der Waals surface area contributed by atoms with Crippen LogP contribution in [-0.2, 0) is 0 Å². The zero-order chi connectivity index (χ0) is 21.5. The Morgan fingerprint density at radius 1 is 0.500 bits per heavy atom. The van der Waals surface area contributed by atoms with E-state index in [1.807, 2.05) is 54.6 Å². The summed E-state index contributed by atoms with van der Waals surface area (Å²) in [5, 5.41) is 6.82. The summed E-state index contributed by atoms with van der Waals surface area (Å²) in [6.07, 6.45) is 0. The molecule has 3 aromatic carbocycles. The minimum Gasteiger partial charge on any atom is -0.493 e. The molecule has 0 aliphatic carbocycles. The Hall–Kier alpha value is -3.74. The number of nitrogens with one attached hydrogen (secondary N) is 2. The van der Waals surface area contributed by atoms with Gasteiger partial charge in [0.15, 0.2) is 23.0 Å². The van der Waals surface area contributed by atoms with Crippen LogP contribution in [0.25, 0.3) is 0 Å². The molecule has 3 rings (SSSR count). The molecular formula is C23H26N2O5. The quantitative estimate of drug-likeness (QED) is 0.501. The van der Waals surface area contributed by atoms with Gasteiger partial charge in [0.25, 0.3) is 0 Å². The van der Waals surface area contributed by atoms with Crippen LogP contribution in [0.2, 0.25) is 0 Å². The Balaban J connectivity index is 1.91. The Labute approximate surface area is 176 Å². The molecule has 0 fully saturated rings. The second-order valence-electron chi connectivity index (χ2n) is 6.28. The van der Waals surface area contributed by atoms with Crippen LogP contribution in [0, 0.1) is 0 Å². The summed E-state index contributed by atoms with van der Waals surface area (Å²) in [5.41, 5.74) is 3.43. The number of hydrogen-bond acceptors (Lipinski definition) is 7. The molecule has 0 spiro atoms. The van der Waals surface area contributed by atoms with Crippen molar-refractivity contribution in [2.75, 3.05) is 46.2 Å². The zero-order valence-electron chi connectivity index (χ0n) is 17.7. The molecule has 0 saturated carbocycles. The third kappa shape index (κ3) is 4.46. The maximum absolute atomic E-state index is 5.44. The smallest absolute Gasteiger partial charge is 0.203 e. The topological polar surface area (TPSA) is 70.2 Å². The molecule has 0 amide bonds. The molecule has 0 aromatic heterocycles. The molecule has 0 aliphatic rings. The minimum atomic E-state index is 0.544. The van der Waals surface area contributed by atoms with Crippen LogP contribution in [0.5, 0.6) is 28.7 Å². The second kappa shape index (κ2) is 9.65. The van der Waals surface area contributed by atoms with Gasteiger partial charge in [0.05, 0.1) is 46.9 Å². The first-order valence-corrected chi connectivity index (χ1v) is 9.28. The molecule has 7 nitrogen and oxygen atoms in total. The zero-order valence-corrected chi connectivity index (χ0v) is 17.7. The van der Waals surface area contributed by atoms with Crippen molar-refractivity contribution in [3.63, 3.8) is 0 Å². The molecule has 0 atom stereocenters. The van der Waals surface area contributed by atoms with Gasteiger partial charge in [-0.25, -0.2) is 0 Å². The summed E-state index contributed by atoms with van der Waals surface area (Å²) in [6.45, 7) is 0. The molecule has 7 heteroatoms. The van der Waals surface area contributed by atoms with E-state index in [0.717, 1.165) is 22.7 Å². The number of para-hydroxylation sites is 2. The maximum atomic E-state index is 5.44. The lowest BCUT2D eigenvalue weighted by molar-refractivity contribution is 0.324. The number of rotatable bonds is 9. The van der Waals surface area contributed by atoms with E-state index < -0.39 is 0 Å². The molecule has 0 bridgehead atoms. The van der Waals surface area contributed by atoms with Gasteiger partial charge >= 0.3 is 0 Å². The van der Waals surface area contributed by atoms with Crippen LogP contribution in [0.15, 0.2) is 54.6 Å². The van der Waals surface area contributed by atoms with Gasteiger partial charge < -0.3 is 34.3 Å². The number of methoxy groups -OCH3 is 5. The van der Waals surface area contributed by atoms with Gasteiger partial charge in [0.1, 0.15) is 0 Å². The summed E-state index contributed by atoms with van der Waals surface area (Å²) >= 11 is 0. The average molecular weight is 410 g/mol. The van der Waals surface area contributed by atoms with E-state index in [4.69, 9.17) is 23.7 Å². The standard InChI is InChI=1S/C23H26N2O5/c1-26-19-11-10-15(12-20(19)27-2)24-17-8-6-7-9-18(17)25-16-13-21(28-3)23(30-5)22(14-16)29-4/h6-14,24-25H,1-5H3. The third-order valence-electron chi connectivity index (χ3n) is 4.53. The number of anilines is 4. The van der Waals surface area contributed by atoms with Gasteiger partial charge in [-0.05, 0) is 24.3 Å². The summed E-state index contributed by atoms with van der Waals surface area (Å²) in [7, 11) is 7.99. The van der Waals surface area contributed by atoms with Gasteiger partial charge in [-0.2, -0.15) is 0 Å². The number of hydrogen-bond donors (Lipinski definition) is 2. The molecule has 0 aliphatic heterocycles. The van der Waals surface area contributed by atoms with E-state index >= 15 is 0 Å². The first kappa shape index (κ1) is 21.0. The lowest BCUT2D eigenvalue weighted by Crippen LogP contribution is -2.00. The van der Waals surface area contributed by atoms with Crippen molar-refractivity contribution < 1.29 is 23.7 Å². The third-order valence-corrected chi connectivity index (χ3v) is 4.53. The highest BCUT2D eigenvalue weighted by Gasteiger charge is 2.14. The monoisotopic (exact) mass is 410 g/mol. The van der Waals surface area contributed by atoms with Crippen molar-refractivity contribution in [2.24, 2.45) is 0 Å². The van der Waals surface area contributed by atoms with Crippen LogP contribution in [0.3, 0.4) is 0 Å². The van der Waals surface area contributed by atoms with Gasteiger partial charge in [0.2, 0.25) is 5.75 Å². The van der Waals surface area contributed by atoms with E-state index in [1.165, 1.54) is 0 Å². The highest BCUT2D eigenvalue weighted by Crippen LogP contribution is 2.41. The lowest BCUT2D eigenvalue weighted by Gasteiger charge is -2.18. The van der Waals surface area contributed by atoms with E-state index in [0.29, 0.717) is 28.7 Å². The Bertz CT molecular complexity index is 982. The molecule has 0 heterocycles. The van der Waals surface area contributed by atoms with E-state index in [1.54, 1.807) is 35.5 Å². The molecule has 0 radical (unpaired) electrons. The molecule has 30 heavy (non-hydrogen) atoms. The lowest BCUT2D eigenvalue weighted by atomic mass is 10.2. The Kier molecular flexibility index (Phi) is 6.75. The summed E-state index contributed by atoms with van der Waals surface area (Å²) in [5.74, 6) is 3.01. The van der Waals surface area contributed by atoms with E-state index in [-0.39, 0.29) is 0 Å². The minimum absolute atomic E-state index is 0.544. The molecule has 0 saturated heterocycles. The molecule has 0 unspecified atom stereocenters. The summed E-state index contributed by atoms with van der Waals surface area (Å²) in [6, 6.07) is 17.3. The number of benzene rings is 3. The van der Waals surface area contributed by atoms with Crippen LogP contribution in [-0.4, -0.2) is 35.5 Å². The fourth-order valence-electron chi connectivity index (χ4n) is 3.08. The van der Waals surface area contributed by atoms with Crippen molar-refractivity contribution in [1.29, 1.82) is 0 Å². The van der Waals surface area contributed by atoms with E-state index in [2.05, 4.69) is 10.6 Å². The fraction of sp³-hybridized carbons (Fsp3) is 0.217. The van der Waals surface area contributed by atoms with Gasteiger partial charge in [-0.15, -0.1) is 0 Å². The Morgan fingerprint density at radius 3 is 1.50 bits per heavy atom. The van der Waals surface area contributed by atoms with Crippen molar-refractivity contribution in [3.05, 3.63) is 54.6 Å². The maximum Gasteiger partial charge on any atom is 0.203 e. The van der Waals surface area contributed by atoms with Crippen molar-refractivity contribution >= 4 is 22.7 Å². The summed E-state index contributed by atoms with van der Waals surface area (Å²) in [4.78, 5) is 0. The van der Waals surface area contributed by atoms with Crippen LogP contribution in [0.4, 0.5) is 22.7 Å². The highest BCUT2D eigenvalue weighted by molar-refractivity contribution is 5.80. The molecular weight excluding hydrogens is 384 g/mol. The fourth-order valence-corrected chi connectivity index (χ4v) is 3.08. The van der Waals surface area contributed by atoms with Gasteiger partial charge in [0, 0.05) is 29.6 Å².